The summed E-state index contributed by atoms with van der Waals surface area (Å²) in [5, 5.41) is -5.57. The molecule has 2 atom stereocenters. The molecular weight excluding hydrogens is 550 g/mol. The molecule has 0 aromatic heterocycles. The van der Waals surface area contributed by atoms with Crippen LogP contribution in [-0.4, -0.2) is 61.0 Å². The zero-order valence-corrected chi connectivity index (χ0v) is 21.2. The van der Waals surface area contributed by atoms with Gasteiger partial charge in [0.15, 0.2) is 0 Å². The van der Waals surface area contributed by atoms with Crippen molar-refractivity contribution in [2.75, 3.05) is 6.61 Å². The average molecular weight is 581 g/mol. The molecule has 5 aliphatic rings. The number of rotatable bonds is 9. The Labute approximate surface area is 215 Å². The summed E-state index contributed by atoms with van der Waals surface area (Å²) in [6.45, 7) is -2.36. The molecule has 15 heteroatoms. The standard InChI is InChI=1S/C23H30F6O8S/c24-17(22(25,26)38(32,33)34)12-35-21(23(27,28)29,19(31)36-16-4-2-1-3-5-16)37-18(30)20-9-13-6-14(10-20)8-15(7-13)11-20/h13-17H,1-12H2,(H,32,33,34). The van der Waals surface area contributed by atoms with Crippen molar-refractivity contribution in [2.24, 2.45) is 23.2 Å². The van der Waals surface area contributed by atoms with Crippen LogP contribution in [0.5, 0.6) is 0 Å². The third kappa shape index (κ3) is 5.38. The lowest BCUT2D eigenvalue weighted by molar-refractivity contribution is -0.363. The number of halogens is 6. The van der Waals surface area contributed by atoms with E-state index in [1.807, 2.05) is 0 Å². The number of hydrogen-bond acceptors (Lipinski definition) is 7. The molecule has 0 saturated heterocycles. The molecule has 4 bridgehead atoms. The van der Waals surface area contributed by atoms with Gasteiger partial charge in [-0.2, -0.15) is 30.4 Å². The number of alkyl halides is 6. The van der Waals surface area contributed by atoms with Gasteiger partial charge in [0.05, 0.1) is 12.0 Å². The van der Waals surface area contributed by atoms with Crippen molar-refractivity contribution in [3.05, 3.63) is 0 Å². The molecule has 0 aromatic rings. The number of ether oxygens (including phenoxy) is 3. The molecule has 5 saturated carbocycles. The zero-order chi connectivity index (χ0) is 28.1. The first-order chi connectivity index (χ1) is 17.5. The molecule has 8 nitrogen and oxygen atoms in total. The Morgan fingerprint density at radius 2 is 1.42 bits per heavy atom. The van der Waals surface area contributed by atoms with E-state index in [9.17, 15) is 44.3 Å². The van der Waals surface area contributed by atoms with Crippen molar-refractivity contribution in [3.63, 3.8) is 0 Å². The lowest BCUT2D eigenvalue weighted by Crippen LogP contribution is -2.62. The lowest BCUT2D eigenvalue weighted by atomic mass is 9.49. The van der Waals surface area contributed by atoms with Crippen LogP contribution < -0.4 is 0 Å². The third-order valence-electron chi connectivity index (χ3n) is 8.32. The van der Waals surface area contributed by atoms with E-state index in [2.05, 4.69) is 4.74 Å². The summed E-state index contributed by atoms with van der Waals surface area (Å²) in [6, 6.07) is 0. The van der Waals surface area contributed by atoms with Crippen LogP contribution >= 0.6 is 0 Å². The first-order valence-electron chi connectivity index (χ1n) is 12.6. The molecule has 5 fully saturated rings. The number of esters is 2. The van der Waals surface area contributed by atoms with Crippen molar-refractivity contribution in [2.45, 2.75) is 100 Å². The van der Waals surface area contributed by atoms with E-state index in [0.717, 1.165) is 25.7 Å². The maximum absolute atomic E-state index is 14.5. The van der Waals surface area contributed by atoms with E-state index in [0.29, 0.717) is 12.8 Å². The van der Waals surface area contributed by atoms with Crippen molar-refractivity contribution < 1.29 is 63.1 Å². The van der Waals surface area contributed by atoms with Crippen LogP contribution in [-0.2, 0) is 33.9 Å². The van der Waals surface area contributed by atoms with Crippen LogP contribution in [0.3, 0.4) is 0 Å². The topological polar surface area (TPSA) is 116 Å². The van der Waals surface area contributed by atoms with Crippen molar-refractivity contribution in [3.8, 4) is 0 Å². The molecule has 0 aromatic carbocycles. The van der Waals surface area contributed by atoms with Crippen LogP contribution in [0.4, 0.5) is 26.3 Å². The van der Waals surface area contributed by atoms with E-state index in [1.54, 1.807) is 0 Å². The molecule has 5 rings (SSSR count). The number of hydrogen-bond donors (Lipinski definition) is 1. The van der Waals surface area contributed by atoms with E-state index < -0.39 is 63.6 Å². The smallest absolute Gasteiger partial charge is 0.457 e. The normalized spacial score (nSPS) is 32.4. The predicted octanol–water partition coefficient (Wildman–Crippen LogP) is 4.72. The summed E-state index contributed by atoms with van der Waals surface area (Å²) in [4.78, 5) is 26.3. The van der Waals surface area contributed by atoms with Gasteiger partial charge in [0.1, 0.15) is 6.10 Å². The minimum Gasteiger partial charge on any atom is -0.457 e. The maximum Gasteiger partial charge on any atom is 0.468 e. The molecule has 1 N–H and O–H groups in total. The highest BCUT2D eigenvalue weighted by molar-refractivity contribution is 7.86. The summed E-state index contributed by atoms with van der Waals surface area (Å²) in [6.07, 6.45) is -5.71. The zero-order valence-electron chi connectivity index (χ0n) is 20.4. The average Bonchev–Trinajstić information content (AvgIpc) is 2.79. The van der Waals surface area contributed by atoms with Gasteiger partial charge in [-0.3, -0.25) is 9.35 Å². The fraction of sp³-hybridized carbons (Fsp3) is 0.913. The highest BCUT2D eigenvalue weighted by atomic mass is 32.2. The fourth-order valence-corrected chi connectivity index (χ4v) is 7.24. The van der Waals surface area contributed by atoms with E-state index in [1.165, 1.54) is 0 Å². The first kappa shape index (κ1) is 29.4. The van der Waals surface area contributed by atoms with E-state index in [-0.39, 0.29) is 49.9 Å². The minimum absolute atomic E-state index is 0.0767. The fourth-order valence-electron chi connectivity index (χ4n) is 6.85. The molecule has 38 heavy (non-hydrogen) atoms. The highest BCUT2D eigenvalue weighted by Crippen LogP contribution is 2.61. The molecule has 0 amide bonds. The largest absolute Gasteiger partial charge is 0.468 e. The predicted molar refractivity (Wildman–Crippen MR) is 116 cm³/mol. The van der Waals surface area contributed by atoms with Gasteiger partial charge in [-0.25, -0.2) is 9.18 Å². The third-order valence-corrected chi connectivity index (χ3v) is 9.26. The van der Waals surface area contributed by atoms with Gasteiger partial charge in [-0.15, -0.1) is 0 Å². The Kier molecular flexibility index (Phi) is 7.80. The van der Waals surface area contributed by atoms with Crippen LogP contribution in [0, 0.1) is 23.2 Å². The van der Waals surface area contributed by atoms with Gasteiger partial charge in [-0.1, -0.05) is 6.42 Å². The van der Waals surface area contributed by atoms with Crippen molar-refractivity contribution in [1.82, 2.24) is 0 Å². The molecule has 0 spiro atoms. The van der Waals surface area contributed by atoms with Gasteiger partial charge < -0.3 is 14.2 Å². The first-order valence-corrected chi connectivity index (χ1v) is 14.1. The van der Waals surface area contributed by atoms with E-state index in [4.69, 9.17) is 14.0 Å². The van der Waals surface area contributed by atoms with Crippen LogP contribution in [0.2, 0.25) is 0 Å². The summed E-state index contributed by atoms with van der Waals surface area (Å²) in [7, 11) is -6.39. The number of carbonyl (C=O) groups excluding carboxylic acids is 2. The molecule has 5 aliphatic carbocycles. The highest BCUT2D eigenvalue weighted by Gasteiger charge is 2.70. The Balaban J connectivity index is 1.64. The summed E-state index contributed by atoms with van der Waals surface area (Å²) < 4.78 is 130. The lowest BCUT2D eigenvalue weighted by Gasteiger charge is -2.55. The Morgan fingerprint density at radius 3 is 1.87 bits per heavy atom. The maximum atomic E-state index is 14.5. The Morgan fingerprint density at radius 1 is 0.921 bits per heavy atom. The Bertz CT molecular complexity index is 990. The van der Waals surface area contributed by atoms with Crippen LogP contribution in [0.1, 0.15) is 70.6 Å². The second-order valence-electron chi connectivity index (χ2n) is 11.2. The van der Waals surface area contributed by atoms with Gasteiger partial charge >= 0.3 is 39.3 Å². The second-order valence-corrected chi connectivity index (χ2v) is 12.7. The van der Waals surface area contributed by atoms with Gasteiger partial charge in [0.25, 0.3) is 0 Å². The van der Waals surface area contributed by atoms with Gasteiger partial charge in [-0.05, 0) is 82.0 Å². The Hall–Kier alpha value is -1.61. The van der Waals surface area contributed by atoms with Crippen molar-refractivity contribution in [1.29, 1.82) is 0 Å². The minimum atomic E-state index is -6.39. The number of carbonyl (C=O) groups is 2. The van der Waals surface area contributed by atoms with Crippen molar-refractivity contribution >= 4 is 22.1 Å². The van der Waals surface area contributed by atoms with E-state index >= 15 is 0 Å². The SMILES string of the molecule is O=C(OC(OCC(F)C(F)(F)S(=O)(=O)O)(C(=O)OC1CCCCC1)C(F)(F)F)C12CC3CC(CC(C3)C1)C2. The summed E-state index contributed by atoms with van der Waals surface area (Å²) in [5.74, 6) is -8.08. The van der Waals surface area contributed by atoms with Gasteiger partial charge in [0, 0.05) is 0 Å². The van der Waals surface area contributed by atoms with Gasteiger partial charge in [0.2, 0.25) is 6.17 Å². The molecule has 0 radical (unpaired) electrons. The molecule has 2 unspecified atom stereocenters. The summed E-state index contributed by atoms with van der Waals surface area (Å²) >= 11 is 0. The van der Waals surface area contributed by atoms with Crippen LogP contribution in [0.15, 0.2) is 0 Å². The monoisotopic (exact) mass is 580 g/mol. The molecular formula is C23H30F6O8S. The summed E-state index contributed by atoms with van der Waals surface area (Å²) in [5.41, 5.74) is -1.35. The second kappa shape index (κ2) is 10.1. The molecule has 0 aliphatic heterocycles. The molecule has 218 valence electrons. The quantitative estimate of drug-likeness (QED) is 0.180. The van der Waals surface area contributed by atoms with Crippen LogP contribution in [0.25, 0.3) is 0 Å². The molecule has 0 heterocycles.